The van der Waals surface area contributed by atoms with Crippen molar-refractivity contribution in [2.24, 2.45) is 5.10 Å². The molecule has 0 N–H and O–H groups in total. The number of fused-ring (bicyclic) bond motifs is 4. The molecule has 3 aliphatic heterocycles. The van der Waals surface area contributed by atoms with E-state index >= 15 is 0 Å². The largest absolute Gasteiger partial charge is 0.466 e. The van der Waals surface area contributed by atoms with Gasteiger partial charge in [-0.05, 0) is 25.1 Å². The summed E-state index contributed by atoms with van der Waals surface area (Å²) >= 11 is 0. The second-order valence-corrected chi connectivity index (χ2v) is 7.61. The molecular weight excluding hydrogens is 342 g/mol. The molecule has 1 saturated heterocycles. The van der Waals surface area contributed by atoms with E-state index in [1.54, 1.807) is 6.92 Å². The molecule has 140 valence electrons. The van der Waals surface area contributed by atoms with Gasteiger partial charge in [0.15, 0.2) is 0 Å². The third-order valence-corrected chi connectivity index (χ3v) is 5.92. The van der Waals surface area contributed by atoms with Gasteiger partial charge in [-0.2, -0.15) is 5.10 Å². The summed E-state index contributed by atoms with van der Waals surface area (Å²) in [7, 11) is 0. The van der Waals surface area contributed by atoms with Crippen LogP contribution in [0, 0.1) is 6.92 Å². The van der Waals surface area contributed by atoms with E-state index in [1.807, 2.05) is 42.2 Å². The lowest BCUT2D eigenvalue weighted by molar-refractivity contribution is -0.158. The summed E-state index contributed by atoms with van der Waals surface area (Å²) in [5.74, 6) is 2.77. The van der Waals surface area contributed by atoms with Crippen LogP contribution in [-0.4, -0.2) is 40.3 Å². The van der Waals surface area contributed by atoms with Crippen LogP contribution in [0.1, 0.15) is 49.3 Å². The molecule has 6 heteroatoms. The van der Waals surface area contributed by atoms with Crippen LogP contribution >= 0.6 is 0 Å². The fourth-order valence-corrected chi connectivity index (χ4v) is 4.47. The molecule has 1 amide bonds. The first-order valence-electron chi connectivity index (χ1n) is 9.53. The average Bonchev–Trinajstić information content (AvgIpc) is 3.29. The van der Waals surface area contributed by atoms with Gasteiger partial charge in [0.25, 0.3) is 0 Å². The standard InChI is InChI=1S/C21H23N3O3/c1-14-7-8-20(26-14)17-13-18-16-5-3-4-6-19(16)27-21(24(18)22-17)9-11-23(12-10-21)15(2)25/h3-8,18H,9-13H2,1-2H3/t18-/m0/s1. The Hall–Kier alpha value is -2.76. The fraction of sp³-hybridized carbons (Fsp3) is 0.429. The van der Waals surface area contributed by atoms with Gasteiger partial charge in [-0.15, -0.1) is 0 Å². The Labute approximate surface area is 158 Å². The van der Waals surface area contributed by atoms with Crippen molar-refractivity contribution in [3.8, 4) is 5.75 Å². The highest BCUT2D eigenvalue weighted by Crippen LogP contribution is 2.49. The van der Waals surface area contributed by atoms with E-state index in [0.717, 1.165) is 42.2 Å². The summed E-state index contributed by atoms with van der Waals surface area (Å²) in [4.78, 5) is 13.7. The van der Waals surface area contributed by atoms with Crippen molar-refractivity contribution < 1.29 is 13.9 Å². The summed E-state index contributed by atoms with van der Waals surface area (Å²) in [5.41, 5.74) is 1.62. The van der Waals surface area contributed by atoms with Gasteiger partial charge in [-0.3, -0.25) is 4.79 Å². The Balaban J connectivity index is 1.54. The molecule has 1 fully saturated rings. The van der Waals surface area contributed by atoms with Crippen molar-refractivity contribution in [3.05, 3.63) is 53.5 Å². The number of likely N-dealkylation sites (tertiary alicyclic amines) is 1. The molecule has 1 aromatic carbocycles. The maximum Gasteiger partial charge on any atom is 0.219 e. The van der Waals surface area contributed by atoms with Gasteiger partial charge in [0.2, 0.25) is 11.6 Å². The summed E-state index contributed by atoms with van der Waals surface area (Å²) in [6, 6.07) is 12.3. The van der Waals surface area contributed by atoms with E-state index in [0.29, 0.717) is 13.1 Å². The minimum atomic E-state index is -0.506. The predicted molar refractivity (Wildman–Crippen MR) is 100 cm³/mol. The second-order valence-electron chi connectivity index (χ2n) is 7.61. The number of benzene rings is 1. The number of amides is 1. The summed E-state index contributed by atoms with van der Waals surface area (Å²) < 4.78 is 12.4. The van der Waals surface area contributed by atoms with E-state index in [1.165, 1.54) is 5.56 Å². The van der Waals surface area contributed by atoms with Crippen LogP contribution in [0.3, 0.4) is 0 Å². The van der Waals surface area contributed by atoms with Gasteiger partial charge in [-0.25, -0.2) is 5.01 Å². The molecule has 1 spiro atoms. The Morgan fingerprint density at radius 1 is 1.19 bits per heavy atom. The third kappa shape index (κ3) is 2.54. The third-order valence-electron chi connectivity index (χ3n) is 5.92. The van der Waals surface area contributed by atoms with Crippen LogP contribution in [0.15, 0.2) is 45.9 Å². The minimum Gasteiger partial charge on any atom is -0.466 e. The van der Waals surface area contributed by atoms with Gasteiger partial charge in [0, 0.05) is 44.8 Å². The first kappa shape index (κ1) is 16.4. The first-order valence-corrected chi connectivity index (χ1v) is 9.53. The number of hydrogen-bond acceptors (Lipinski definition) is 5. The van der Waals surface area contributed by atoms with Gasteiger partial charge < -0.3 is 14.1 Å². The van der Waals surface area contributed by atoms with Crippen molar-refractivity contribution in [1.82, 2.24) is 9.91 Å². The number of ether oxygens (including phenoxy) is 1. The van der Waals surface area contributed by atoms with Crippen LogP contribution < -0.4 is 4.74 Å². The second kappa shape index (κ2) is 5.87. The van der Waals surface area contributed by atoms with Crippen molar-refractivity contribution in [2.75, 3.05) is 13.1 Å². The number of hydrogen-bond donors (Lipinski definition) is 0. The topological polar surface area (TPSA) is 58.3 Å². The molecule has 3 aliphatic rings. The number of furan rings is 1. The maximum atomic E-state index is 11.8. The predicted octanol–water partition coefficient (Wildman–Crippen LogP) is 3.47. The normalized spacial score (nSPS) is 22.9. The van der Waals surface area contributed by atoms with Crippen molar-refractivity contribution >= 4 is 11.6 Å². The molecular formula is C21H23N3O3. The van der Waals surface area contributed by atoms with E-state index in [4.69, 9.17) is 14.3 Å². The van der Waals surface area contributed by atoms with Crippen molar-refractivity contribution in [1.29, 1.82) is 0 Å². The molecule has 0 saturated carbocycles. The number of aryl methyl sites for hydroxylation is 1. The maximum absolute atomic E-state index is 11.8. The molecule has 0 radical (unpaired) electrons. The molecule has 5 rings (SSSR count). The lowest BCUT2D eigenvalue weighted by atomic mass is 9.91. The molecule has 4 heterocycles. The number of para-hydroxylation sites is 1. The molecule has 1 aromatic heterocycles. The minimum absolute atomic E-state index is 0.120. The highest BCUT2D eigenvalue weighted by molar-refractivity contribution is 5.99. The summed E-state index contributed by atoms with van der Waals surface area (Å²) in [5, 5.41) is 7.11. The molecule has 0 bridgehead atoms. The zero-order chi connectivity index (χ0) is 18.6. The summed E-state index contributed by atoms with van der Waals surface area (Å²) in [6.07, 6.45) is 2.28. The highest BCUT2D eigenvalue weighted by Gasteiger charge is 2.52. The van der Waals surface area contributed by atoms with Gasteiger partial charge in [-0.1, -0.05) is 18.2 Å². The van der Waals surface area contributed by atoms with Gasteiger partial charge in [0.05, 0.1) is 6.04 Å². The number of hydrazone groups is 1. The van der Waals surface area contributed by atoms with Crippen LogP contribution in [0.5, 0.6) is 5.75 Å². The van der Waals surface area contributed by atoms with Crippen LogP contribution in [-0.2, 0) is 4.79 Å². The lowest BCUT2D eigenvalue weighted by Crippen LogP contribution is -2.59. The van der Waals surface area contributed by atoms with Crippen LogP contribution in [0.2, 0.25) is 0 Å². The number of carbonyl (C=O) groups is 1. The van der Waals surface area contributed by atoms with Crippen molar-refractivity contribution in [2.45, 2.75) is 44.9 Å². The quantitative estimate of drug-likeness (QED) is 0.776. The fourth-order valence-electron chi connectivity index (χ4n) is 4.47. The van der Waals surface area contributed by atoms with E-state index in [9.17, 15) is 4.79 Å². The molecule has 2 aromatic rings. The highest BCUT2D eigenvalue weighted by atomic mass is 16.5. The number of carbonyl (C=O) groups excluding carboxylic acids is 1. The molecule has 6 nitrogen and oxygen atoms in total. The van der Waals surface area contributed by atoms with Crippen LogP contribution in [0.25, 0.3) is 0 Å². The van der Waals surface area contributed by atoms with E-state index in [-0.39, 0.29) is 11.9 Å². The Kier molecular flexibility index (Phi) is 3.57. The van der Waals surface area contributed by atoms with E-state index < -0.39 is 5.72 Å². The smallest absolute Gasteiger partial charge is 0.219 e. The average molecular weight is 365 g/mol. The van der Waals surface area contributed by atoms with Crippen LogP contribution in [0.4, 0.5) is 0 Å². The monoisotopic (exact) mass is 365 g/mol. The molecule has 1 atom stereocenters. The Bertz CT molecular complexity index is 924. The Morgan fingerprint density at radius 2 is 1.96 bits per heavy atom. The number of piperidine rings is 1. The SMILES string of the molecule is CC(=O)N1CCC2(CC1)Oc1ccccc1[C@@H]1CC(c3ccc(C)o3)=NN12. The zero-order valence-corrected chi connectivity index (χ0v) is 15.6. The number of rotatable bonds is 1. The summed E-state index contributed by atoms with van der Waals surface area (Å²) in [6.45, 7) is 4.95. The van der Waals surface area contributed by atoms with Crippen molar-refractivity contribution in [3.63, 3.8) is 0 Å². The zero-order valence-electron chi connectivity index (χ0n) is 15.6. The Morgan fingerprint density at radius 3 is 2.67 bits per heavy atom. The lowest BCUT2D eigenvalue weighted by Gasteiger charge is -2.51. The molecule has 0 unspecified atom stereocenters. The molecule has 27 heavy (non-hydrogen) atoms. The van der Waals surface area contributed by atoms with E-state index in [2.05, 4.69) is 11.1 Å². The van der Waals surface area contributed by atoms with Gasteiger partial charge in [0.1, 0.15) is 23.0 Å². The molecule has 0 aliphatic carbocycles. The number of nitrogens with zero attached hydrogens (tertiary/aromatic N) is 3. The first-order chi connectivity index (χ1) is 13.1. The van der Waals surface area contributed by atoms with Gasteiger partial charge >= 0.3 is 0 Å².